The van der Waals surface area contributed by atoms with Gasteiger partial charge in [-0.05, 0) is 18.6 Å². The fourth-order valence-electron chi connectivity index (χ4n) is 3.48. The van der Waals surface area contributed by atoms with Gasteiger partial charge in [0.2, 0.25) is 0 Å². The highest BCUT2D eigenvalue weighted by atomic mass is 35.5. The van der Waals surface area contributed by atoms with Crippen molar-refractivity contribution in [1.29, 1.82) is 0 Å². The van der Waals surface area contributed by atoms with Crippen LogP contribution in [0.4, 0.5) is 10.1 Å². The molecule has 1 unspecified atom stereocenters. The van der Waals surface area contributed by atoms with E-state index in [1.165, 1.54) is 0 Å². The van der Waals surface area contributed by atoms with Gasteiger partial charge in [-0.2, -0.15) is 4.39 Å². The molecule has 0 bridgehead atoms. The largest absolute Gasteiger partial charge is 0.493 e. The Morgan fingerprint density at radius 2 is 1.93 bits per heavy atom. The van der Waals surface area contributed by atoms with Gasteiger partial charge >= 0.3 is 0 Å². The Bertz CT molecular complexity index is 872. The topological polar surface area (TPSA) is 63.3 Å². The number of morpholine rings is 1. The average molecular weight is 419 g/mol. The van der Waals surface area contributed by atoms with Crippen LogP contribution in [0.25, 0.3) is 0 Å². The zero-order valence-corrected chi connectivity index (χ0v) is 16.8. The Hall–Kier alpha value is -2.19. The maximum Gasteiger partial charge on any atom is 0.278 e. The summed E-state index contributed by atoms with van der Waals surface area (Å²) in [5.74, 6) is -1.49. The zero-order chi connectivity index (χ0) is 20.3. The number of ether oxygens (including phenoxy) is 2. The van der Waals surface area contributed by atoms with Gasteiger partial charge < -0.3 is 9.47 Å². The minimum absolute atomic E-state index is 0.202. The van der Waals surface area contributed by atoms with E-state index in [9.17, 15) is 0 Å². The Kier molecular flexibility index (Phi) is 6.01. The molecule has 6 nitrogen and oxygen atoms in total. The predicted molar refractivity (Wildman–Crippen MR) is 111 cm³/mol. The van der Waals surface area contributed by atoms with Crippen molar-refractivity contribution >= 4 is 23.3 Å². The van der Waals surface area contributed by atoms with Crippen molar-refractivity contribution in [3.05, 3.63) is 59.7 Å². The molecule has 2 heterocycles. The van der Waals surface area contributed by atoms with Crippen LogP contribution in [0.3, 0.4) is 0 Å². The summed E-state index contributed by atoms with van der Waals surface area (Å²) in [5.41, 5.74) is 7.20. The number of nitrogens with two attached hydrogens (primary N) is 1. The first kappa shape index (κ1) is 20.1. The fraction of sp³-hybridized carbons (Fsp3) is 0.381. The van der Waals surface area contributed by atoms with E-state index in [1.54, 1.807) is 30.3 Å². The third-order valence-corrected chi connectivity index (χ3v) is 5.47. The van der Waals surface area contributed by atoms with Gasteiger partial charge in [-0.3, -0.25) is 10.6 Å². The van der Waals surface area contributed by atoms with E-state index in [0.717, 1.165) is 43.7 Å². The number of benzene rings is 2. The normalized spacial score (nSPS) is 22.2. The molecule has 2 aromatic carbocycles. The number of rotatable bonds is 6. The van der Waals surface area contributed by atoms with Crippen molar-refractivity contribution in [3.63, 3.8) is 0 Å². The van der Waals surface area contributed by atoms with Crippen molar-refractivity contribution in [2.45, 2.75) is 12.3 Å². The maximum atomic E-state index is 15.3. The van der Waals surface area contributed by atoms with Crippen molar-refractivity contribution in [2.24, 2.45) is 10.7 Å². The summed E-state index contributed by atoms with van der Waals surface area (Å²) in [6.07, 6.45) is 0.898. The highest BCUT2D eigenvalue weighted by molar-refractivity contribution is 6.26. The molecule has 4 rings (SSSR count). The third-order valence-electron chi connectivity index (χ3n) is 5.07. The standard InChI is InChI=1S/C21H24ClFN4O2/c22-27-20(16-5-2-1-3-6-16)25-19-15-17(7-8-18(19)21(27,23)24)29-12-4-9-26-10-13-28-14-11-26/h1-3,5-8,15H,4,9-14,24H2. The van der Waals surface area contributed by atoms with Gasteiger partial charge in [-0.25, -0.2) is 9.41 Å². The van der Waals surface area contributed by atoms with E-state index >= 15 is 4.39 Å². The number of alkyl halides is 1. The first-order chi connectivity index (χ1) is 14.1. The summed E-state index contributed by atoms with van der Waals surface area (Å²) < 4.78 is 27.3. The minimum atomic E-state index is -2.38. The summed E-state index contributed by atoms with van der Waals surface area (Å²) >= 11 is 6.21. The van der Waals surface area contributed by atoms with E-state index in [0.29, 0.717) is 23.6 Å². The van der Waals surface area contributed by atoms with Crippen LogP contribution in [0.5, 0.6) is 5.75 Å². The van der Waals surface area contributed by atoms with Crippen molar-refractivity contribution in [2.75, 3.05) is 39.5 Å². The number of halogens is 2. The molecule has 2 aromatic rings. The molecule has 0 amide bonds. The Labute approximate surface area is 174 Å². The van der Waals surface area contributed by atoms with Crippen molar-refractivity contribution < 1.29 is 13.9 Å². The second-order valence-corrected chi connectivity index (χ2v) is 7.43. The molecule has 2 N–H and O–H groups in total. The number of hydrogen-bond donors (Lipinski definition) is 1. The van der Waals surface area contributed by atoms with Gasteiger partial charge in [-0.15, -0.1) is 0 Å². The van der Waals surface area contributed by atoms with Crippen LogP contribution in [-0.4, -0.2) is 54.6 Å². The van der Waals surface area contributed by atoms with Crippen LogP contribution < -0.4 is 10.5 Å². The van der Waals surface area contributed by atoms with E-state index < -0.39 is 5.92 Å². The number of hydrogen-bond acceptors (Lipinski definition) is 6. The van der Waals surface area contributed by atoms with Crippen molar-refractivity contribution in [3.8, 4) is 5.75 Å². The monoisotopic (exact) mass is 418 g/mol. The van der Waals surface area contributed by atoms with Gasteiger partial charge in [-0.1, -0.05) is 30.3 Å². The molecule has 0 aliphatic carbocycles. The van der Waals surface area contributed by atoms with Gasteiger partial charge in [0.1, 0.15) is 5.75 Å². The first-order valence-electron chi connectivity index (χ1n) is 9.71. The van der Waals surface area contributed by atoms with E-state index in [-0.39, 0.29) is 11.4 Å². The Morgan fingerprint density at radius 1 is 1.17 bits per heavy atom. The minimum Gasteiger partial charge on any atom is -0.493 e. The van der Waals surface area contributed by atoms with Gasteiger partial charge in [0.25, 0.3) is 5.92 Å². The summed E-state index contributed by atoms with van der Waals surface area (Å²) in [7, 11) is 0. The summed E-state index contributed by atoms with van der Waals surface area (Å²) in [4.78, 5) is 6.90. The molecule has 8 heteroatoms. The molecular formula is C21H24ClFN4O2. The van der Waals surface area contributed by atoms with Crippen LogP contribution in [0.15, 0.2) is 53.5 Å². The quantitative estimate of drug-likeness (QED) is 0.442. The molecule has 2 aliphatic heterocycles. The second-order valence-electron chi connectivity index (χ2n) is 7.09. The molecule has 1 atom stereocenters. The lowest BCUT2D eigenvalue weighted by molar-refractivity contribution is 0.0358. The number of aliphatic imine (C=N–C) groups is 1. The number of amidine groups is 1. The molecule has 29 heavy (non-hydrogen) atoms. The second kappa shape index (κ2) is 8.67. The van der Waals surface area contributed by atoms with Crippen LogP contribution in [-0.2, 0) is 10.7 Å². The molecule has 1 fully saturated rings. The lowest BCUT2D eigenvalue weighted by Gasteiger charge is -2.35. The molecule has 0 aromatic heterocycles. The fourth-order valence-corrected chi connectivity index (χ4v) is 3.70. The highest BCUT2D eigenvalue weighted by Gasteiger charge is 2.42. The molecule has 2 aliphatic rings. The predicted octanol–water partition coefficient (Wildman–Crippen LogP) is 3.37. The number of nitrogens with zero attached hydrogens (tertiary/aromatic N) is 3. The van der Waals surface area contributed by atoms with E-state index in [4.69, 9.17) is 27.0 Å². The zero-order valence-electron chi connectivity index (χ0n) is 16.1. The lowest BCUT2D eigenvalue weighted by Crippen LogP contribution is -2.49. The average Bonchev–Trinajstić information content (AvgIpc) is 2.75. The molecule has 154 valence electrons. The molecule has 1 saturated heterocycles. The summed E-state index contributed by atoms with van der Waals surface area (Å²) in [6, 6.07) is 14.1. The van der Waals surface area contributed by atoms with Gasteiger partial charge in [0.15, 0.2) is 5.84 Å². The molecule has 0 spiro atoms. The third kappa shape index (κ3) is 4.38. The van der Waals surface area contributed by atoms with E-state index in [2.05, 4.69) is 9.89 Å². The van der Waals surface area contributed by atoms with E-state index in [1.807, 2.05) is 18.2 Å². The first-order valence-corrected chi connectivity index (χ1v) is 10.0. The highest BCUT2D eigenvalue weighted by Crippen LogP contribution is 2.41. The van der Waals surface area contributed by atoms with Crippen LogP contribution >= 0.6 is 11.8 Å². The van der Waals surface area contributed by atoms with Gasteiger partial charge in [0.05, 0.1) is 31.1 Å². The Balaban J connectivity index is 1.48. The summed E-state index contributed by atoms with van der Waals surface area (Å²) in [5, 5.41) is 0. The molecule has 0 saturated carbocycles. The van der Waals surface area contributed by atoms with Crippen LogP contribution in [0, 0.1) is 0 Å². The smallest absolute Gasteiger partial charge is 0.278 e. The van der Waals surface area contributed by atoms with Crippen LogP contribution in [0.1, 0.15) is 17.5 Å². The van der Waals surface area contributed by atoms with Gasteiger partial charge in [0, 0.05) is 43.0 Å². The molecule has 0 radical (unpaired) electrons. The summed E-state index contributed by atoms with van der Waals surface area (Å²) in [6.45, 7) is 5.02. The lowest BCUT2D eigenvalue weighted by atomic mass is 10.0. The Morgan fingerprint density at radius 3 is 2.69 bits per heavy atom. The maximum absolute atomic E-state index is 15.3. The van der Waals surface area contributed by atoms with Crippen molar-refractivity contribution in [1.82, 2.24) is 9.32 Å². The SMILES string of the molecule is NC1(F)c2ccc(OCCCN3CCOCC3)cc2N=C(c2ccccc2)N1Cl. The van der Waals surface area contributed by atoms with Crippen LogP contribution in [0.2, 0.25) is 0 Å². The number of fused-ring (bicyclic) bond motifs is 1. The molecular weight excluding hydrogens is 395 g/mol.